The predicted octanol–water partition coefficient (Wildman–Crippen LogP) is 4.77. The maximum Gasteiger partial charge on any atom is 0.294 e. The van der Waals surface area contributed by atoms with Crippen LogP contribution in [0.1, 0.15) is 72.4 Å². The highest BCUT2D eigenvalue weighted by atomic mass is 32.2. The summed E-state index contributed by atoms with van der Waals surface area (Å²) in [6, 6.07) is 14.6. The maximum atomic E-state index is 13.5. The van der Waals surface area contributed by atoms with Gasteiger partial charge < -0.3 is 10.5 Å². The van der Waals surface area contributed by atoms with Crippen LogP contribution in [-0.2, 0) is 29.2 Å². The molecule has 0 heterocycles. The molecule has 0 fully saturated rings. The summed E-state index contributed by atoms with van der Waals surface area (Å²) in [4.78, 5) is 39.3. The third kappa shape index (κ3) is 16.5. The van der Waals surface area contributed by atoms with Crippen molar-refractivity contribution in [1.29, 1.82) is 0 Å². The molecule has 268 valence electrons. The summed E-state index contributed by atoms with van der Waals surface area (Å²) >= 11 is 0. The van der Waals surface area contributed by atoms with E-state index in [1.165, 1.54) is 17.1 Å². The minimum atomic E-state index is -4.02. The summed E-state index contributed by atoms with van der Waals surface area (Å²) in [6.45, 7) is 15.4. The summed E-state index contributed by atoms with van der Waals surface area (Å²) in [5.74, 6) is -3.11. The zero-order valence-corrected chi connectivity index (χ0v) is 30.2. The van der Waals surface area contributed by atoms with E-state index in [9.17, 15) is 28.0 Å². The summed E-state index contributed by atoms with van der Waals surface area (Å²) in [5.41, 5.74) is 12.0. The van der Waals surface area contributed by atoms with Gasteiger partial charge in [0.05, 0.1) is 28.9 Å². The molecule has 0 bridgehead atoms. The summed E-state index contributed by atoms with van der Waals surface area (Å²) in [5, 5.41) is 10.6. The van der Waals surface area contributed by atoms with Crippen LogP contribution in [-0.4, -0.2) is 65.7 Å². The number of carbonyl (C=O) groups excluding carboxylic acids is 3. The minimum Gasteiger partial charge on any atom is -0.374 e. The zero-order chi connectivity index (χ0) is 36.7. The van der Waals surface area contributed by atoms with Crippen molar-refractivity contribution in [3.8, 4) is 0 Å². The number of rotatable bonds is 14. The number of hydrogen-bond acceptors (Lipinski definition) is 8. The van der Waals surface area contributed by atoms with Gasteiger partial charge in [0, 0.05) is 6.54 Å². The Bertz CT molecular complexity index is 1420. The van der Waals surface area contributed by atoms with E-state index in [4.69, 9.17) is 15.0 Å². The number of nitrogens with zero attached hydrogens (tertiary/aromatic N) is 1. The van der Waals surface area contributed by atoms with Crippen LogP contribution in [0.2, 0.25) is 0 Å². The number of hydroxylamine groups is 1. The zero-order valence-electron chi connectivity index (χ0n) is 29.3. The molecule has 48 heavy (non-hydrogen) atoms. The van der Waals surface area contributed by atoms with Gasteiger partial charge in [-0.1, -0.05) is 87.9 Å². The van der Waals surface area contributed by atoms with E-state index in [1.807, 2.05) is 97.9 Å². The third-order valence-electron chi connectivity index (χ3n) is 6.89. The van der Waals surface area contributed by atoms with Crippen LogP contribution in [0.25, 0.3) is 6.08 Å². The number of allylic oxidation sites excluding steroid dienone is 1. The normalized spacial score (nSPS) is 13.8. The molecule has 6 N–H and O–H groups in total. The fourth-order valence-electron chi connectivity index (χ4n) is 4.51. The lowest BCUT2D eigenvalue weighted by Gasteiger charge is -2.32. The van der Waals surface area contributed by atoms with Gasteiger partial charge in [0.2, 0.25) is 11.8 Å². The Balaban J connectivity index is 0.000000879. The Morgan fingerprint density at radius 3 is 2.00 bits per heavy atom. The van der Waals surface area contributed by atoms with Gasteiger partial charge in [0.25, 0.3) is 16.0 Å². The van der Waals surface area contributed by atoms with Crippen molar-refractivity contribution in [3.63, 3.8) is 0 Å². The van der Waals surface area contributed by atoms with Crippen LogP contribution >= 0.6 is 0 Å². The van der Waals surface area contributed by atoms with Gasteiger partial charge in [-0.2, -0.15) is 8.42 Å². The highest BCUT2D eigenvalue weighted by Gasteiger charge is 2.35. The molecule has 3 atom stereocenters. The smallest absolute Gasteiger partial charge is 0.294 e. The van der Waals surface area contributed by atoms with Crippen LogP contribution in [0.4, 0.5) is 0 Å². The average Bonchev–Trinajstić information content (AvgIpc) is 2.99. The van der Waals surface area contributed by atoms with Crippen molar-refractivity contribution in [2.24, 2.45) is 29.4 Å². The van der Waals surface area contributed by atoms with Crippen molar-refractivity contribution in [2.75, 3.05) is 13.2 Å². The fraction of sp³-hybridized carbons (Fsp3) is 0.514. The largest absolute Gasteiger partial charge is 0.374 e. The first-order valence-corrected chi connectivity index (χ1v) is 17.4. The highest BCUT2D eigenvalue weighted by Crippen LogP contribution is 2.26. The van der Waals surface area contributed by atoms with E-state index in [0.717, 1.165) is 11.1 Å². The van der Waals surface area contributed by atoms with E-state index < -0.39 is 51.3 Å². The Kier molecular flexibility index (Phi) is 17.7. The van der Waals surface area contributed by atoms with Crippen molar-refractivity contribution < 1.29 is 37.3 Å². The van der Waals surface area contributed by atoms with Crippen LogP contribution in [0.15, 0.2) is 65.6 Å². The van der Waals surface area contributed by atoms with Gasteiger partial charge in [0.1, 0.15) is 6.04 Å². The topological polar surface area (TPSA) is 188 Å². The molecule has 0 aromatic heterocycles. The molecule has 0 aliphatic rings. The minimum absolute atomic E-state index is 0.00203. The average molecular weight is 691 g/mol. The first kappa shape index (κ1) is 42.4. The summed E-state index contributed by atoms with van der Waals surface area (Å²) in [6.07, 6.45) is 4.28. The van der Waals surface area contributed by atoms with E-state index >= 15 is 0 Å². The molecule has 2 rings (SSSR count). The van der Waals surface area contributed by atoms with Crippen molar-refractivity contribution in [1.82, 2.24) is 15.9 Å². The monoisotopic (exact) mass is 690 g/mol. The number of carbonyl (C=O) groups is 3. The lowest BCUT2D eigenvalue weighted by molar-refractivity contribution is -0.149. The molecular formula is C35H54N4O8S. The number of benzene rings is 2. The van der Waals surface area contributed by atoms with Gasteiger partial charge in [-0.05, 0) is 70.1 Å². The molecule has 2 aromatic rings. The standard InChI is InChI=1S/C28H46N4O5.C7H8O3S/c1-19(2)16-23(22(26(34)31-36)15-11-14-21-12-9-8-10-13-21)25(33)30-32(17-20(3)4)27(35)24(29)18-37-28(5,6)7;1-6-2-4-7(5-3-6)11(8,9)10/h8-14,19-20,22-24,36H,15-18,29H2,1-7H3,(H,30,33)(H,31,34);2-5H,1H3,(H,8,9,10)/b14-11+;/t22-,23+,24+;/m0./s1. The molecule has 2 aromatic carbocycles. The van der Waals surface area contributed by atoms with Crippen LogP contribution in [0.5, 0.6) is 0 Å². The molecule has 0 saturated carbocycles. The molecule has 0 saturated heterocycles. The first-order chi connectivity index (χ1) is 22.2. The molecule has 0 spiro atoms. The second-order valence-corrected chi connectivity index (χ2v) is 14.9. The Morgan fingerprint density at radius 1 is 0.938 bits per heavy atom. The number of nitrogens with one attached hydrogen (secondary N) is 2. The SMILES string of the molecule is CC(C)C[C@@H](C(=O)NN(CC(C)C)C(=O)[C@H](N)COC(C)(C)C)[C@H](C/C=C/c1ccccc1)C(=O)NO.Cc1ccc(S(=O)(=O)O)cc1. The van der Waals surface area contributed by atoms with Crippen LogP contribution < -0.4 is 16.6 Å². The summed E-state index contributed by atoms with van der Waals surface area (Å²) in [7, 11) is -4.02. The van der Waals surface area contributed by atoms with Gasteiger partial charge in [-0.3, -0.25) is 34.6 Å². The fourth-order valence-corrected chi connectivity index (χ4v) is 4.99. The molecule has 0 unspecified atom stereocenters. The number of hydrazine groups is 1. The first-order valence-electron chi connectivity index (χ1n) is 16.0. The van der Waals surface area contributed by atoms with E-state index in [0.29, 0.717) is 6.42 Å². The molecule has 3 amide bonds. The van der Waals surface area contributed by atoms with E-state index in [1.54, 1.807) is 17.6 Å². The van der Waals surface area contributed by atoms with Crippen molar-refractivity contribution in [2.45, 2.75) is 84.8 Å². The highest BCUT2D eigenvalue weighted by molar-refractivity contribution is 7.85. The second kappa shape index (κ2) is 20.0. The van der Waals surface area contributed by atoms with Gasteiger partial charge in [0.15, 0.2) is 0 Å². The van der Waals surface area contributed by atoms with Crippen LogP contribution in [0.3, 0.4) is 0 Å². The lowest BCUT2D eigenvalue weighted by Crippen LogP contribution is -2.57. The van der Waals surface area contributed by atoms with Crippen molar-refractivity contribution in [3.05, 3.63) is 71.8 Å². The molecule has 13 heteroatoms. The molecule has 12 nitrogen and oxygen atoms in total. The van der Waals surface area contributed by atoms with Gasteiger partial charge >= 0.3 is 0 Å². The van der Waals surface area contributed by atoms with Crippen LogP contribution in [0, 0.1) is 30.6 Å². The Morgan fingerprint density at radius 2 is 1.52 bits per heavy atom. The molecule has 0 radical (unpaired) electrons. The van der Waals surface area contributed by atoms with Gasteiger partial charge in [-0.15, -0.1) is 0 Å². The Labute approximate surface area is 285 Å². The molecule has 0 aliphatic carbocycles. The number of aryl methyl sites for hydroxylation is 1. The number of ether oxygens (including phenoxy) is 1. The quantitative estimate of drug-likeness (QED) is 0.106. The van der Waals surface area contributed by atoms with E-state index in [2.05, 4.69) is 5.43 Å². The Hall–Kier alpha value is -3.62. The number of nitrogens with two attached hydrogens (primary N) is 1. The molecule has 0 aliphatic heterocycles. The molecular weight excluding hydrogens is 636 g/mol. The van der Waals surface area contributed by atoms with Gasteiger partial charge in [-0.25, -0.2) is 5.48 Å². The summed E-state index contributed by atoms with van der Waals surface area (Å²) < 4.78 is 35.2. The second-order valence-electron chi connectivity index (χ2n) is 13.5. The number of amides is 3. The number of hydrogen-bond donors (Lipinski definition) is 5. The van der Waals surface area contributed by atoms with Crippen molar-refractivity contribution >= 4 is 33.9 Å². The maximum absolute atomic E-state index is 13.5. The predicted molar refractivity (Wildman–Crippen MR) is 186 cm³/mol. The lowest BCUT2D eigenvalue weighted by atomic mass is 9.82. The van der Waals surface area contributed by atoms with E-state index in [-0.39, 0.29) is 36.3 Å². The third-order valence-corrected chi connectivity index (χ3v) is 7.75.